The summed E-state index contributed by atoms with van der Waals surface area (Å²) in [5.74, 6) is -0.273. The van der Waals surface area contributed by atoms with Crippen LogP contribution in [0.2, 0.25) is 0 Å². The first kappa shape index (κ1) is 18.8. The van der Waals surface area contributed by atoms with Gasteiger partial charge in [0, 0.05) is 23.5 Å². The Kier molecular flexibility index (Phi) is 5.34. The molecular formula is C17H21ClF2N4O2. The molecule has 2 aromatic rings. The number of aromatic nitrogens is 2. The van der Waals surface area contributed by atoms with Crippen LogP contribution in [0.15, 0.2) is 18.2 Å². The first-order valence-corrected chi connectivity index (χ1v) is 8.47. The number of alkyl halides is 2. The second-order valence-corrected chi connectivity index (χ2v) is 6.85. The van der Waals surface area contributed by atoms with Crippen molar-refractivity contribution in [3.8, 4) is 5.75 Å². The molecule has 142 valence electrons. The van der Waals surface area contributed by atoms with Gasteiger partial charge in [-0.15, -0.1) is 12.4 Å². The third-order valence-electron chi connectivity index (χ3n) is 5.41. The van der Waals surface area contributed by atoms with E-state index >= 15 is 0 Å². The molecule has 2 N–H and O–H groups in total. The molecule has 9 heteroatoms. The number of hydrogen-bond donors (Lipinski definition) is 2. The zero-order chi connectivity index (χ0) is 17.6. The molecule has 2 saturated heterocycles. The van der Waals surface area contributed by atoms with Crippen molar-refractivity contribution in [1.82, 2.24) is 20.4 Å². The minimum atomic E-state index is -2.91. The fourth-order valence-corrected chi connectivity index (χ4v) is 4.13. The first-order chi connectivity index (χ1) is 12.0. The van der Waals surface area contributed by atoms with Crippen LogP contribution in [0.1, 0.15) is 36.2 Å². The maximum Gasteiger partial charge on any atom is 0.387 e. The Morgan fingerprint density at radius 2 is 2.04 bits per heavy atom. The molecule has 3 heterocycles. The van der Waals surface area contributed by atoms with Crippen LogP contribution >= 0.6 is 12.4 Å². The van der Waals surface area contributed by atoms with Gasteiger partial charge >= 0.3 is 6.61 Å². The van der Waals surface area contributed by atoms with Gasteiger partial charge in [-0.25, -0.2) is 0 Å². The van der Waals surface area contributed by atoms with Crippen molar-refractivity contribution in [2.45, 2.75) is 50.4 Å². The van der Waals surface area contributed by atoms with E-state index < -0.39 is 6.61 Å². The molecule has 1 aromatic heterocycles. The Morgan fingerprint density at radius 3 is 2.69 bits per heavy atom. The standard InChI is InChI=1S/C17H20F2N4O2.ClH/c1-23-10-2-3-11(23)7-9(6-10)20-16(24)15-13-8-12(25-17(18)19)4-5-14(13)21-22-15;/h4-5,8-11,17H,2-3,6-7H2,1H3,(H,20,24)(H,21,22);1H/t9?,10-,11+;. The van der Waals surface area contributed by atoms with Crippen LogP contribution in [0.4, 0.5) is 8.78 Å². The molecule has 2 aliphatic heterocycles. The molecule has 2 bridgehead atoms. The summed E-state index contributed by atoms with van der Waals surface area (Å²) in [7, 11) is 2.14. The van der Waals surface area contributed by atoms with Gasteiger partial charge in [0.15, 0.2) is 5.69 Å². The predicted molar refractivity (Wildman–Crippen MR) is 95.0 cm³/mol. The molecular weight excluding hydrogens is 366 g/mol. The molecule has 4 rings (SSSR count). The smallest absolute Gasteiger partial charge is 0.387 e. The van der Waals surface area contributed by atoms with Gasteiger partial charge < -0.3 is 15.0 Å². The summed E-state index contributed by atoms with van der Waals surface area (Å²) in [5.41, 5.74) is 0.816. The molecule has 6 nitrogen and oxygen atoms in total. The summed E-state index contributed by atoms with van der Waals surface area (Å²) in [5, 5.41) is 10.4. The summed E-state index contributed by atoms with van der Waals surface area (Å²) in [4.78, 5) is 15.0. The number of nitrogens with zero attached hydrogens (tertiary/aromatic N) is 2. The molecule has 1 aromatic carbocycles. The highest BCUT2D eigenvalue weighted by molar-refractivity contribution is 6.05. The summed E-state index contributed by atoms with van der Waals surface area (Å²) in [6.45, 7) is -2.91. The van der Waals surface area contributed by atoms with Gasteiger partial charge in [0.25, 0.3) is 5.91 Å². The molecule has 2 aliphatic rings. The number of carbonyl (C=O) groups is 1. The molecule has 0 spiro atoms. The highest BCUT2D eigenvalue weighted by atomic mass is 35.5. The van der Waals surface area contributed by atoms with Crippen LogP contribution in [0, 0.1) is 0 Å². The topological polar surface area (TPSA) is 70.2 Å². The van der Waals surface area contributed by atoms with Crippen LogP contribution in [0.3, 0.4) is 0 Å². The molecule has 2 fully saturated rings. The molecule has 0 saturated carbocycles. The van der Waals surface area contributed by atoms with Crippen molar-refractivity contribution in [3.63, 3.8) is 0 Å². The van der Waals surface area contributed by atoms with Crippen molar-refractivity contribution < 1.29 is 18.3 Å². The van der Waals surface area contributed by atoms with E-state index in [-0.39, 0.29) is 35.8 Å². The lowest BCUT2D eigenvalue weighted by Crippen LogP contribution is -2.48. The SMILES string of the molecule is CN1[C@@H]2CC[C@H]1CC(NC(=O)c1n[nH]c3ccc(OC(F)F)cc13)C2.Cl. The number of piperidine rings is 1. The van der Waals surface area contributed by atoms with E-state index in [1.165, 1.54) is 25.0 Å². The number of hydrogen-bond acceptors (Lipinski definition) is 4. The van der Waals surface area contributed by atoms with E-state index in [9.17, 15) is 13.6 Å². The van der Waals surface area contributed by atoms with Crippen molar-refractivity contribution in [2.24, 2.45) is 0 Å². The van der Waals surface area contributed by atoms with Crippen LogP contribution in [0.5, 0.6) is 5.75 Å². The Morgan fingerprint density at radius 1 is 1.35 bits per heavy atom. The third kappa shape index (κ3) is 3.48. The number of amides is 1. The average molecular weight is 387 g/mol. The Balaban J connectivity index is 0.00000196. The van der Waals surface area contributed by atoms with E-state index in [4.69, 9.17) is 0 Å². The van der Waals surface area contributed by atoms with E-state index in [0.29, 0.717) is 23.0 Å². The summed E-state index contributed by atoms with van der Waals surface area (Å²) in [6, 6.07) is 5.57. The predicted octanol–water partition coefficient (Wildman–Crippen LogP) is 2.94. The number of aromatic amines is 1. The van der Waals surface area contributed by atoms with Crippen LogP contribution in [-0.4, -0.2) is 52.8 Å². The number of nitrogens with one attached hydrogen (secondary N) is 2. The molecule has 1 unspecified atom stereocenters. The van der Waals surface area contributed by atoms with Gasteiger partial charge in [0.2, 0.25) is 0 Å². The fourth-order valence-electron chi connectivity index (χ4n) is 4.13. The number of benzene rings is 1. The normalized spacial score (nSPS) is 25.3. The number of H-pyrrole nitrogens is 1. The highest BCUT2D eigenvalue weighted by Gasteiger charge is 2.39. The molecule has 26 heavy (non-hydrogen) atoms. The van der Waals surface area contributed by atoms with Crippen molar-refractivity contribution in [3.05, 3.63) is 23.9 Å². The quantitative estimate of drug-likeness (QED) is 0.847. The van der Waals surface area contributed by atoms with E-state index in [1.54, 1.807) is 6.07 Å². The molecule has 0 radical (unpaired) electrons. The average Bonchev–Trinajstić information content (AvgIpc) is 3.04. The summed E-state index contributed by atoms with van der Waals surface area (Å²) in [6.07, 6.45) is 4.21. The fraction of sp³-hybridized carbons (Fsp3) is 0.529. The van der Waals surface area contributed by atoms with Crippen LogP contribution in [0.25, 0.3) is 10.9 Å². The molecule has 1 amide bonds. The van der Waals surface area contributed by atoms with Crippen molar-refractivity contribution >= 4 is 29.2 Å². The van der Waals surface area contributed by atoms with E-state index in [2.05, 4.69) is 32.2 Å². The van der Waals surface area contributed by atoms with Gasteiger partial charge in [0.1, 0.15) is 5.75 Å². The van der Waals surface area contributed by atoms with Gasteiger partial charge in [-0.3, -0.25) is 9.89 Å². The van der Waals surface area contributed by atoms with Crippen LogP contribution in [-0.2, 0) is 0 Å². The minimum Gasteiger partial charge on any atom is -0.435 e. The number of halogens is 3. The van der Waals surface area contributed by atoms with Gasteiger partial charge in [0.05, 0.1) is 5.52 Å². The Hall–Kier alpha value is -1.93. The van der Waals surface area contributed by atoms with E-state index in [1.807, 2.05) is 0 Å². The lowest BCUT2D eigenvalue weighted by Gasteiger charge is -2.36. The van der Waals surface area contributed by atoms with Gasteiger partial charge in [-0.1, -0.05) is 0 Å². The lowest BCUT2D eigenvalue weighted by molar-refractivity contribution is -0.0497. The van der Waals surface area contributed by atoms with Crippen LogP contribution < -0.4 is 10.1 Å². The zero-order valence-corrected chi connectivity index (χ0v) is 15.1. The maximum absolute atomic E-state index is 12.6. The largest absolute Gasteiger partial charge is 0.435 e. The Bertz CT molecular complexity index is 786. The van der Waals surface area contributed by atoms with Crippen molar-refractivity contribution in [1.29, 1.82) is 0 Å². The number of fused-ring (bicyclic) bond motifs is 3. The number of ether oxygens (including phenoxy) is 1. The zero-order valence-electron chi connectivity index (χ0n) is 14.2. The first-order valence-electron chi connectivity index (χ1n) is 8.47. The number of rotatable bonds is 4. The van der Waals surface area contributed by atoms with E-state index in [0.717, 1.165) is 12.8 Å². The maximum atomic E-state index is 12.6. The van der Waals surface area contributed by atoms with Gasteiger partial charge in [-0.2, -0.15) is 13.9 Å². The summed E-state index contributed by atoms with van der Waals surface area (Å²) >= 11 is 0. The molecule has 0 aliphatic carbocycles. The lowest BCUT2D eigenvalue weighted by atomic mass is 9.98. The second-order valence-electron chi connectivity index (χ2n) is 6.85. The number of carbonyl (C=O) groups excluding carboxylic acids is 1. The monoisotopic (exact) mass is 386 g/mol. The third-order valence-corrected chi connectivity index (χ3v) is 5.41. The molecule has 3 atom stereocenters. The summed E-state index contributed by atoms with van der Waals surface area (Å²) < 4.78 is 29.2. The second kappa shape index (κ2) is 7.36. The Labute approximate surface area is 155 Å². The minimum absolute atomic E-state index is 0. The van der Waals surface area contributed by atoms with Gasteiger partial charge in [-0.05, 0) is 50.9 Å². The highest BCUT2D eigenvalue weighted by Crippen LogP contribution is 2.34. The van der Waals surface area contributed by atoms with Crippen molar-refractivity contribution in [2.75, 3.05) is 7.05 Å².